The first-order valence-electron chi connectivity index (χ1n) is 3.67. The molecule has 1 aromatic rings. The van der Waals surface area contributed by atoms with Gasteiger partial charge in [-0.2, -0.15) is 5.26 Å². The molecule has 0 spiro atoms. The van der Waals surface area contributed by atoms with E-state index in [1.165, 1.54) is 6.07 Å². The molecule has 0 aliphatic heterocycles. The van der Waals surface area contributed by atoms with Crippen molar-refractivity contribution < 1.29 is 4.92 Å². The molecule has 1 aromatic carbocycles. The van der Waals surface area contributed by atoms with E-state index in [1.807, 2.05) is 0 Å². The van der Waals surface area contributed by atoms with E-state index in [4.69, 9.17) is 11.0 Å². The maximum atomic E-state index is 10.7. The number of nitrogens with two attached hydrogens (primary N) is 1. The van der Waals surface area contributed by atoms with Gasteiger partial charge in [0.1, 0.15) is 11.6 Å². The van der Waals surface area contributed by atoms with Gasteiger partial charge in [0.15, 0.2) is 0 Å². The maximum Gasteiger partial charge on any atom is 0.291 e. The number of hydrogen-bond acceptors (Lipinski definition) is 4. The number of benzene rings is 1. The highest BCUT2D eigenvalue weighted by Crippen LogP contribution is 2.27. The van der Waals surface area contributed by atoms with Crippen molar-refractivity contribution >= 4 is 21.6 Å². The van der Waals surface area contributed by atoms with E-state index in [2.05, 4.69) is 15.9 Å². The Morgan fingerprint density at radius 1 is 1.64 bits per heavy atom. The largest absolute Gasteiger partial charge is 0.326 e. The van der Waals surface area contributed by atoms with Gasteiger partial charge in [-0.15, -0.1) is 0 Å². The zero-order valence-corrected chi connectivity index (χ0v) is 8.61. The number of hydrogen-bond donors (Lipinski definition) is 1. The number of halogens is 1. The minimum Gasteiger partial charge on any atom is -0.326 e. The summed E-state index contributed by atoms with van der Waals surface area (Å²) in [6.07, 6.45) is 0. The highest BCUT2D eigenvalue weighted by Gasteiger charge is 2.19. The number of nitro benzene ring substituents is 1. The molecule has 0 amide bonds. The lowest BCUT2D eigenvalue weighted by Gasteiger charge is -2.02. The topological polar surface area (TPSA) is 93.0 Å². The van der Waals surface area contributed by atoms with Crippen LogP contribution in [-0.2, 0) is 6.54 Å². The van der Waals surface area contributed by atoms with Crippen molar-refractivity contribution in [2.24, 2.45) is 5.73 Å². The first-order chi connectivity index (χ1) is 6.60. The molecule has 0 aromatic heterocycles. The fourth-order valence-electron chi connectivity index (χ4n) is 1.11. The number of nitro groups is 1. The molecule has 5 nitrogen and oxygen atoms in total. The van der Waals surface area contributed by atoms with Crippen molar-refractivity contribution in [2.45, 2.75) is 6.54 Å². The highest BCUT2D eigenvalue weighted by molar-refractivity contribution is 9.10. The van der Waals surface area contributed by atoms with Gasteiger partial charge in [-0.05, 0) is 12.1 Å². The summed E-state index contributed by atoms with van der Waals surface area (Å²) in [5.74, 6) is 0. The Labute approximate surface area is 88.4 Å². The second-order valence-corrected chi connectivity index (χ2v) is 3.45. The van der Waals surface area contributed by atoms with E-state index in [1.54, 1.807) is 12.1 Å². The monoisotopic (exact) mass is 255 g/mol. The average Bonchev–Trinajstić information content (AvgIpc) is 2.15. The number of rotatable bonds is 2. The van der Waals surface area contributed by atoms with Gasteiger partial charge in [0.25, 0.3) is 5.69 Å². The molecule has 6 heteroatoms. The van der Waals surface area contributed by atoms with Crippen LogP contribution >= 0.6 is 15.9 Å². The Hall–Kier alpha value is -1.45. The fraction of sp³-hybridized carbons (Fsp3) is 0.125. The van der Waals surface area contributed by atoms with Crippen molar-refractivity contribution in [3.8, 4) is 6.07 Å². The quantitative estimate of drug-likeness (QED) is 0.643. The van der Waals surface area contributed by atoms with E-state index in [0.717, 1.165) is 0 Å². The molecule has 0 radical (unpaired) electrons. The van der Waals surface area contributed by atoms with Crippen LogP contribution in [-0.4, -0.2) is 4.92 Å². The van der Waals surface area contributed by atoms with Crippen molar-refractivity contribution in [2.75, 3.05) is 0 Å². The summed E-state index contributed by atoms with van der Waals surface area (Å²) in [5, 5.41) is 19.4. The summed E-state index contributed by atoms with van der Waals surface area (Å²) in [6, 6.07) is 4.71. The van der Waals surface area contributed by atoms with Crippen LogP contribution < -0.4 is 5.73 Å². The van der Waals surface area contributed by atoms with E-state index < -0.39 is 4.92 Å². The standard InChI is InChI=1S/C8H6BrN3O2/c9-7-1-5(3-10)8(12(13)14)6(2-7)4-11/h1-2H,3,10H2. The van der Waals surface area contributed by atoms with Crippen molar-refractivity contribution in [1.82, 2.24) is 0 Å². The Bertz CT molecular complexity index is 425. The second kappa shape index (κ2) is 4.17. The molecule has 0 unspecified atom stereocenters. The molecule has 0 fully saturated rings. The van der Waals surface area contributed by atoms with Crippen LogP contribution in [0.15, 0.2) is 16.6 Å². The smallest absolute Gasteiger partial charge is 0.291 e. The first kappa shape index (κ1) is 10.6. The van der Waals surface area contributed by atoms with Crippen LogP contribution in [0.2, 0.25) is 0 Å². The normalized spacial score (nSPS) is 9.50. The lowest BCUT2D eigenvalue weighted by atomic mass is 10.1. The third-order valence-electron chi connectivity index (χ3n) is 1.68. The first-order valence-corrected chi connectivity index (χ1v) is 4.46. The molecule has 72 valence electrons. The highest BCUT2D eigenvalue weighted by atomic mass is 79.9. The van der Waals surface area contributed by atoms with Crippen LogP contribution in [0.5, 0.6) is 0 Å². The summed E-state index contributed by atoms with van der Waals surface area (Å²) < 4.78 is 0.611. The predicted octanol–water partition coefficient (Wildman–Crippen LogP) is 1.69. The van der Waals surface area contributed by atoms with Gasteiger partial charge in [-0.25, -0.2) is 0 Å². The molecule has 0 saturated heterocycles. The molecule has 0 atom stereocenters. The molecule has 0 saturated carbocycles. The van der Waals surface area contributed by atoms with Gasteiger partial charge < -0.3 is 5.73 Å². The number of nitrogens with zero attached hydrogens (tertiary/aromatic N) is 2. The van der Waals surface area contributed by atoms with E-state index in [9.17, 15) is 10.1 Å². The minimum atomic E-state index is -0.590. The third kappa shape index (κ3) is 1.89. The SMILES string of the molecule is N#Cc1cc(Br)cc(CN)c1[N+](=O)[O-]. The number of nitriles is 1. The van der Waals surface area contributed by atoms with Crippen molar-refractivity contribution in [3.05, 3.63) is 37.8 Å². The van der Waals surface area contributed by atoms with Gasteiger partial charge in [0, 0.05) is 16.6 Å². The van der Waals surface area contributed by atoms with Crippen LogP contribution in [0.1, 0.15) is 11.1 Å². The zero-order valence-electron chi connectivity index (χ0n) is 7.03. The zero-order chi connectivity index (χ0) is 10.7. The van der Waals surface area contributed by atoms with E-state index in [-0.39, 0.29) is 17.8 Å². The molecular formula is C8H6BrN3O2. The van der Waals surface area contributed by atoms with Crippen LogP contribution in [0.3, 0.4) is 0 Å². The van der Waals surface area contributed by atoms with E-state index in [0.29, 0.717) is 10.0 Å². The van der Waals surface area contributed by atoms with Crippen LogP contribution in [0.4, 0.5) is 5.69 Å². The predicted molar refractivity (Wildman–Crippen MR) is 53.4 cm³/mol. The van der Waals surface area contributed by atoms with Gasteiger partial charge in [-0.3, -0.25) is 10.1 Å². The molecule has 0 heterocycles. The second-order valence-electron chi connectivity index (χ2n) is 2.53. The Balaban J connectivity index is 3.50. The summed E-state index contributed by atoms with van der Waals surface area (Å²) in [7, 11) is 0. The lowest BCUT2D eigenvalue weighted by Crippen LogP contribution is -2.03. The maximum absolute atomic E-state index is 10.7. The lowest BCUT2D eigenvalue weighted by molar-refractivity contribution is -0.385. The fourth-order valence-corrected chi connectivity index (χ4v) is 1.62. The molecule has 0 aliphatic rings. The Morgan fingerprint density at radius 2 is 2.29 bits per heavy atom. The summed E-state index contributed by atoms with van der Waals surface area (Å²) in [5.41, 5.74) is 5.50. The molecule has 0 aliphatic carbocycles. The van der Waals surface area contributed by atoms with Gasteiger partial charge >= 0.3 is 0 Å². The Kier molecular flexibility index (Phi) is 3.17. The van der Waals surface area contributed by atoms with Gasteiger partial charge in [0.05, 0.1) is 4.92 Å². The minimum absolute atomic E-state index is 0.0184. The van der Waals surface area contributed by atoms with Crippen molar-refractivity contribution in [1.29, 1.82) is 5.26 Å². The van der Waals surface area contributed by atoms with E-state index >= 15 is 0 Å². The average molecular weight is 256 g/mol. The Morgan fingerprint density at radius 3 is 2.71 bits per heavy atom. The van der Waals surface area contributed by atoms with Crippen LogP contribution in [0.25, 0.3) is 0 Å². The van der Waals surface area contributed by atoms with Gasteiger partial charge in [0.2, 0.25) is 0 Å². The molecular weight excluding hydrogens is 250 g/mol. The van der Waals surface area contributed by atoms with Crippen molar-refractivity contribution in [3.63, 3.8) is 0 Å². The molecule has 0 bridgehead atoms. The molecule has 14 heavy (non-hydrogen) atoms. The third-order valence-corrected chi connectivity index (χ3v) is 2.13. The summed E-state index contributed by atoms with van der Waals surface area (Å²) >= 11 is 3.15. The summed E-state index contributed by atoms with van der Waals surface area (Å²) in [6.45, 7) is 0.0322. The molecule has 2 N–H and O–H groups in total. The summed E-state index contributed by atoms with van der Waals surface area (Å²) in [4.78, 5) is 10.1. The van der Waals surface area contributed by atoms with Gasteiger partial charge in [-0.1, -0.05) is 15.9 Å². The van der Waals surface area contributed by atoms with Crippen LogP contribution in [0, 0.1) is 21.4 Å². The molecule has 1 rings (SSSR count).